The van der Waals surface area contributed by atoms with E-state index in [-0.39, 0.29) is 5.75 Å². The molecule has 0 saturated carbocycles. The van der Waals surface area contributed by atoms with Gasteiger partial charge in [-0.05, 0) is 6.42 Å². The third-order valence-corrected chi connectivity index (χ3v) is 4.02. The molecule has 0 fully saturated rings. The van der Waals surface area contributed by atoms with E-state index in [9.17, 15) is 8.42 Å². The standard InChI is InChI=1S/C8H16N4O2S/c1-11(2)15(13,14)7-3-5-12-6-4-10-8(12)9/h4,6H,3,5,7H2,1-2H3,(H2,9,10). The molecule has 15 heavy (non-hydrogen) atoms. The highest BCUT2D eigenvalue weighted by atomic mass is 32.2. The molecule has 0 aromatic carbocycles. The summed E-state index contributed by atoms with van der Waals surface area (Å²) in [5.74, 6) is 0.537. The van der Waals surface area contributed by atoms with Gasteiger partial charge in [-0.25, -0.2) is 17.7 Å². The molecule has 86 valence electrons. The van der Waals surface area contributed by atoms with E-state index in [1.54, 1.807) is 17.0 Å². The van der Waals surface area contributed by atoms with Crippen molar-refractivity contribution in [1.82, 2.24) is 13.9 Å². The predicted octanol–water partition coefficient (Wildman–Crippen LogP) is -0.253. The molecule has 1 rings (SSSR count). The number of imidazole rings is 1. The molecule has 0 aliphatic rings. The molecule has 0 radical (unpaired) electrons. The van der Waals surface area contributed by atoms with Gasteiger partial charge in [-0.1, -0.05) is 0 Å². The number of aromatic nitrogens is 2. The van der Waals surface area contributed by atoms with Crippen molar-refractivity contribution >= 4 is 16.0 Å². The molecule has 1 aromatic rings. The first kappa shape index (κ1) is 12.0. The zero-order valence-corrected chi connectivity index (χ0v) is 9.74. The van der Waals surface area contributed by atoms with Crippen LogP contribution in [0.5, 0.6) is 0 Å². The molecule has 6 nitrogen and oxygen atoms in total. The van der Waals surface area contributed by atoms with Gasteiger partial charge in [-0.3, -0.25) is 0 Å². The van der Waals surface area contributed by atoms with Crippen LogP contribution in [-0.4, -0.2) is 42.1 Å². The minimum Gasteiger partial charge on any atom is -0.369 e. The minimum absolute atomic E-state index is 0.123. The Bertz CT molecular complexity index is 410. The summed E-state index contributed by atoms with van der Waals surface area (Å²) in [5, 5.41) is 0. The number of sulfonamides is 1. The van der Waals surface area contributed by atoms with E-state index in [0.717, 1.165) is 0 Å². The number of nitrogens with zero attached hydrogens (tertiary/aromatic N) is 3. The van der Waals surface area contributed by atoms with E-state index in [1.807, 2.05) is 0 Å². The summed E-state index contributed by atoms with van der Waals surface area (Å²) < 4.78 is 25.8. The second-order valence-electron chi connectivity index (χ2n) is 3.43. The van der Waals surface area contributed by atoms with E-state index < -0.39 is 10.0 Å². The van der Waals surface area contributed by atoms with E-state index in [4.69, 9.17) is 5.73 Å². The highest BCUT2D eigenvalue weighted by molar-refractivity contribution is 7.89. The zero-order chi connectivity index (χ0) is 11.5. The van der Waals surface area contributed by atoms with Crippen molar-refractivity contribution in [2.75, 3.05) is 25.6 Å². The van der Waals surface area contributed by atoms with Gasteiger partial charge in [0, 0.05) is 33.0 Å². The van der Waals surface area contributed by atoms with E-state index in [1.165, 1.54) is 18.4 Å². The molecule has 0 unspecified atom stereocenters. The third kappa shape index (κ3) is 3.21. The van der Waals surface area contributed by atoms with Gasteiger partial charge in [-0.15, -0.1) is 0 Å². The summed E-state index contributed by atoms with van der Waals surface area (Å²) in [4.78, 5) is 3.85. The number of nitrogens with two attached hydrogens (primary N) is 1. The van der Waals surface area contributed by atoms with Gasteiger partial charge in [0.25, 0.3) is 0 Å². The Kier molecular flexibility index (Phi) is 3.70. The molecule has 1 heterocycles. The third-order valence-electron chi connectivity index (χ3n) is 2.11. The Labute approximate surface area is 89.8 Å². The van der Waals surface area contributed by atoms with Crippen LogP contribution in [0.3, 0.4) is 0 Å². The van der Waals surface area contributed by atoms with Crippen molar-refractivity contribution in [2.24, 2.45) is 0 Å². The first-order chi connectivity index (χ1) is 6.93. The van der Waals surface area contributed by atoms with Crippen molar-refractivity contribution in [3.8, 4) is 0 Å². The van der Waals surface area contributed by atoms with Gasteiger partial charge in [0.2, 0.25) is 10.0 Å². The van der Waals surface area contributed by atoms with Gasteiger partial charge >= 0.3 is 0 Å². The van der Waals surface area contributed by atoms with Crippen molar-refractivity contribution in [3.63, 3.8) is 0 Å². The fourth-order valence-electron chi connectivity index (χ4n) is 1.13. The SMILES string of the molecule is CN(C)S(=O)(=O)CCCn1ccnc1N. The molecule has 0 aliphatic heterocycles. The topological polar surface area (TPSA) is 81.2 Å². The van der Waals surface area contributed by atoms with Crippen molar-refractivity contribution in [2.45, 2.75) is 13.0 Å². The van der Waals surface area contributed by atoms with Gasteiger partial charge in [0.05, 0.1) is 5.75 Å². The van der Waals surface area contributed by atoms with Gasteiger partial charge in [-0.2, -0.15) is 0 Å². The maximum Gasteiger partial charge on any atom is 0.213 e. The van der Waals surface area contributed by atoms with Crippen LogP contribution >= 0.6 is 0 Å². The lowest BCUT2D eigenvalue weighted by Crippen LogP contribution is -2.25. The largest absolute Gasteiger partial charge is 0.369 e. The van der Waals surface area contributed by atoms with Crippen LogP contribution in [0.4, 0.5) is 5.95 Å². The van der Waals surface area contributed by atoms with Gasteiger partial charge < -0.3 is 10.3 Å². The second kappa shape index (κ2) is 4.63. The molecule has 0 bridgehead atoms. The summed E-state index contributed by atoms with van der Waals surface area (Å²) in [6.45, 7) is 0.568. The van der Waals surface area contributed by atoms with Crippen LogP contribution in [0.15, 0.2) is 12.4 Å². The smallest absolute Gasteiger partial charge is 0.213 e. The molecular weight excluding hydrogens is 216 g/mol. The Morgan fingerprint density at radius 2 is 2.20 bits per heavy atom. The molecule has 0 atom stereocenters. The molecule has 0 amide bonds. The van der Waals surface area contributed by atoms with E-state index in [2.05, 4.69) is 4.98 Å². The van der Waals surface area contributed by atoms with Crippen LogP contribution in [-0.2, 0) is 16.6 Å². The maximum absolute atomic E-state index is 11.4. The van der Waals surface area contributed by atoms with Crippen molar-refractivity contribution in [1.29, 1.82) is 0 Å². The van der Waals surface area contributed by atoms with Crippen LogP contribution < -0.4 is 5.73 Å². The highest BCUT2D eigenvalue weighted by Gasteiger charge is 2.12. The van der Waals surface area contributed by atoms with Crippen molar-refractivity contribution < 1.29 is 8.42 Å². The number of nitrogen functional groups attached to an aromatic ring is 1. The first-order valence-corrected chi connectivity index (χ1v) is 6.21. The molecule has 1 aromatic heterocycles. The van der Waals surface area contributed by atoms with Crippen LogP contribution in [0.1, 0.15) is 6.42 Å². The number of rotatable bonds is 5. The Morgan fingerprint density at radius 1 is 1.53 bits per heavy atom. The van der Waals surface area contributed by atoms with Crippen molar-refractivity contribution in [3.05, 3.63) is 12.4 Å². The summed E-state index contributed by atoms with van der Waals surface area (Å²) in [5.41, 5.74) is 5.54. The molecule has 0 saturated heterocycles. The maximum atomic E-state index is 11.4. The second-order valence-corrected chi connectivity index (χ2v) is 5.73. The summed E-state index contributed by atoms with van der Waals surface area (Å²) in [6.07, 6.45) is 3.86. The fraction of sp³-hybridized carbons (Fsp3) is 0.625. The van der Waals surface area contributed by atoms with Gasteiger partial charge in [0.1, 0.15) is 0 Å². The zero-order valence-electron chi connectivity index (χ0n) is 8.92. The fourth-order valence-corrected chi connectivity index (χ4v) is 1.99. The highest BCUT2D eigenvalue weighted by Crippen LogP contribution is 2.03. The Balaban J connectivity index is 2.44. The lowest BCUT2D eigenvalue weighted by atomic mass is 10.5. The van der Waals surface area contributed by atoms with Crippen LogP contribution in [0.25, 0.3) is 0 Å². The van der Waals surface area contributed by atoms with Crippen LogP contribution in [0.2, 0.25) is 0 Å². The van der Waals surface area contributed by atoms with E-state index >= 15 is 0 Å². The van der Waals surface area contributed by atoms with Gasteiger partial charge in [0.15, 0.2) is 5.95 Å². The lowest BCUT2D eigenvalue weighted by Gasteiger charge is -2.11. The normalized spacial score (nSPS) is 12.2. The average molecular weight is 232 g/mol. The number of hydrogen-bond acceptors (Lipinski definition) is 4. The summed E-state index contributed by atoms with van der Waals surface area (Å²) in [7, 11) is -0.0481. The number of hydrogen-bond donors (Lipinski definition) is 1. The van der Waals surface area contributed by atoms with E-state index in [0.29, 0.717) is 18.9 Å². The number of anilines is 1. The quantitative estimate of drug-likeness (QED) is 0.759. The Hall–Kier alpha value is -1.08. The Morgan fingerprint density at radius 3 is 2.67 bits per heavy atom. The number of aryl methyl sites for hydroxylation is 1. The monoisotopic (exact) mass is 232 g/mol. The molecule has 0 aliphatic carbocycles. The molecule has 2 N–H and O–H groups in total. The molecular formula is C8H16N4O2S. The predicted molar refractivity (Wildman–Crippen MR) is 58.7 cm³/mol. The summed E-state index contributed by atoms with van der Waals surface area (Å²) >= 11 is 0. The van der Waals surface area contributed by atoms with Crippen LogP contribution in [0, 0.1) is 0 Å². The lowest BCUT2D eigenvalue weighted by molar-refractivity contribution is 0.515. The minimum atomic E-state index is -3.11. The molecule has 7 heteroatoms. The molecule has 0 spiro atoms. The first-order valence-electron chi connectivity index (χ1n) is 4.60. The summed E-state index contributed by atoms with van der Waals surface area (Å²) in [6, 6.07) is 0. The average Bonchev–Trinajstić information content (AvgIpc) is 2.51.